The van der Waals surface area contributed by atoms with Crippen molar-refractivity contribution in [3.8, 4) is 0 Å². The first-order valence-corrected chi connectivity index (χ1v) is 3.76. The topological polar surface area (TPSA) is 47.3 Å². The maximum Gasteiger partial charge on any atom is 0.100 e. The van der Waals surface area contributed by atoms with E-state index in [0.29, 0.717) is 6.54 Å². The largest absolute Gasteiger partial charge is 0.493 e. The van der Waals surface area contributed by atoms with Crippen molar-refractivity contribution >= 4 is 0 Å². The highest BCUT2D eigenvalue weighted by Crippen LogP contribution is 2.13. The van der Waals surface area contributed by atoms with Crippen LogP contribution in [-0.2, 0) is 4.74 Å². The zero-order chi connectivity index (χ0) is 8.91. The Balaban J connectivity index is 3.53. The molecule has 0 aromatic rings. The quantitative estimate of drug-likeness (QED) is 0.367. The van der Waals surface area contributed by atoms with Gasteiger partial charge in [-0.25, -0.2) is 0 Å². The lowest BCUT2D eigenvalue weighted by Gasteiger charge is -2.22. The third-order valence-corrected chi connectivity index (χ3v) is 0.999. The third-order valence-electron chi connectivity index (χ3n) is 0.999. The molecule has 0 unspecified atom stereocenters. The van der Waals surface area contributed by atoms with E-state index in [1.807, 2.05) is 20.8 Å². The summed E-state index contributed by atoms with van der Waals surface area (Å²) in [4.78, 5) is 0. The first-order valence-electron chi connectivity index (χ1n) is 3.76. The standard InChI is InChI=1S/C8H18N2O/c1-7(5-6-10-9)11-8(2,3)4/h10H,1,5-6,9H2,2-4H3. The molecule has 0 amide bonds. The van der Waals surface area contributed by atoms with E-state index in [2.05, 4.69) is 12.0 Å². The van der Waals surface area contributed by atoms with Gasteiger partial charge in [0, 0.05) is 13.0 Å². The van der Waals surface area contributed by atoms with E-state index in [4.69, 9.17) is 10.6 Å². The molecule has 0 aliphatic heterocycles. The van der Waals surface area contributed by atoms with Crippen molar-refractivity contribution in [2.45, 2.75) is 32.8 Å². The predicted octanol–water partition coefficient (Wildman–Crippen LogP) is 1.17. The van der Waals surface area contributed by atoms with E-state index >= 15 is 0 Å². The van der Waals surface area contributed by atoms with Crippen LogP contribution in [0.4, 0.5) is 0 Å². The number of hydrogen-bond acceptors (Lipinski definition) is 3. The highest BCUT2D eigenvalue weighted by molar-refractivity contribution is 4.85. The van der Waals surface area contributed by atoms with E-state index in [9.17, 15) is 0 Å². The zero-order valence-corrected chi connectivity index (χ0v) is 7.61. The average molecular weight is 158 g/mol. The predicted molar refractivity (Wildman–Crippen MR) is 46.8 cm³/mol. The van der Waals surface area contributed by atoms with Crippen LogP contribution in [0.1, 0.15) is 27.2 Å². The highest BCUT2D eigenvalue weighted by Gasteiger charge is 2.11. The summed E-state index contributed by atoms with van der Waals surface area (Å²) in [5.41, 5.74) is 2.40. The molecule has 0 aliphatic carbocycles. The Labute approximate surface area is 68.6 Å². The molecule has 0 aliphatic rings. The normalized spacial score (nSPS) is 11.3. The number of hydrazine groups is 1. The maximum absolute atomic E-state index is 5.45. The molecule has 0 aromatic carbocycles. The zero-order valence-electron chi connectivity index (χ0n) is 7.61. The Morgan fingerprint density at radius 3 is 2.45 bits per heavy atom. The van der Waals surface area contributed by atoms with Crippen molar-refractivity contribution in [3.05, 3.63) is 12.3 Å². The summed E-state index contributed by atoms with van der Waals surface area (Å²) in [7, 11) is 0. The maximum atomic E-state index is 5.45. The molecular formula is C8H18N2O. The third kappa shape index (κ3) is 7.36. The first-order chi connectivity index (χ1) is 4.95. The second-order valence-corrected chi connectivity index (χ2v) is 3.46. The molecule has 0 spiro atoms. The van der Waals surface area contributed by atoms with Crippen molar-refractivity contribution in [2.75, 3.05) is 6.54 Å². The van der Waals surface area contributed by atoms with E-state index in [1.165, 1.54) is 0 Å². The number of rotatable bonds is 4. The Morgan fingerprint density at radius 1 is 1.55 bits per heavy atom. The molecule has 0 saturated heterocycles. The van der Waals surface area contributed by atoms with Gasteiger partial charge in [-0.05, 0) is 20.8 Å². The van der Waals surface area contributed by atoms with Crippen molar-refractivity contribution in [3.63, 3.8) is 0 Å². The molecule has 0 heterocycles. The van der Waals surface area contributed by atoms with Crippen LogP contribution in [-0.4, -0.2) is 12.1 Å². The van der Waals surface area contributed by atoms with Crippen LogP contribution in [0.2, 0.25) is 0 Å². The SMILES string of the molecule is C=C(CCNN)OC(C)(C)C. The summed E-state index contributed by atoms with van der Waals surface area (Å²) in [6, 6.07) is 0. The Bertz CT molecular complexity index is 127. The molecule has 0 radical (unpaired) electrons. The van der Waals surface area contributed by atoms with Gasteiger partial charge in [0.1, 0.15) is 5.60 Å². The summed E-state index contributed by atoms with van der Waals surface area (Å²) in [5.74, 6) is 5.87. The fourth-order valence-electron chi connectivity index (χ4n) is 0.696. The van der Waals surface area contributed by atoms with Crippen molar-refractivity contribution < 1.29 is 4.74 Å². The van der Waals surface area contributed by atoms with Crippen LogP contribution in [0.3, 0.4) is 0 Å². The summed E-state index contributed by atoms with van der Waals surface area (Å²) in [6.07, 6.45) is 0.758. The fourth-order valence-corrected chi connectivity index (χ4v) is 0.696. The lowest BCUT2D eigenvalue weighted by molar-refractivity contribution is 0.0480. The van der Waals surface area contributed by atoms with Crippen LogP contribution in [0.5, 0.6) is 0 Å². The van der Waals surface area contributed by atoms with Gasteiger partial charge < -0.3 is 4.74 Å². The van der Waals surface area contributed by atoms with Crippen LogP contribution < -0.4 is 11.3 Å². The van der Waals surface area contributed by atoms with Crippen LogP contribution in [0.25, 0.3) is 0 Å². The van der Waals surface area contributed by atoms with E-state index < -0.39 is 0 Å². The van der Waals surface area contributed by atoms with Crippen LogP contribution >= 0.6 is 0 Å². The van der Waals surface area contributed by atoms with Gasteiger partial charge in [-0.2, -0.15) is 0 Å². The van der Waals surface area contributed by atoms with Gasteiger partial charge >= 0.3 is 0 Å². The van der Waals surface area contributed by atoms with E-state index in [-0.39, 0.29) is 5.60 Å². The molecule has 0 aromatic heterocycles. The lowest BCUT2D eigenvalue weighted by Crippen LogP contribution is -2.25. The molecule has 3 N–H and O–H groups in total. The van der Waals surface area contributed by atoms with Gasteiger partial charge in [0.05, 0.1) is 5.76 Å². The fraction of sp³-hybridized carbons (Fsp3) is 0.750. The summed E-state index contributed by atoms with van der Waals surface area (Å²) < 4.78 is 5.45. The minimum atomic E-state index is -0.147. The van der Waals surface area contributed by atoms with Crippen LogP contribution in [0.15, 0.2) is 12.3 Å². The second-order valence-electron chi connectivity index (χ2n) is 3.46. The highest BCUT2D eigenvalue weighted by atomic mass is 16.5. The Morgan fingerprint density at radius 2 is 2.09 bits per heavy atom. The van der Waals surface area contributed by atoms with Crippen molar-refractivity contribution in [1.82, 2.24) is 5.43 Å². The van der Waals surface area contributed by atoms with Gasteiger partial charge in [0.25, 0.3) is 0 Å². The van der Waals surface area contributed by atoms with Crippen LogP contribution in [0, 0.1) is 0 Å². The van der Waals surface area contributed by atoms with Gasteiger partial charge in [-0.15, -0.1) is 0 Å². The van der Waals surface area contributed by atoms with Gasteiger partial charge in [0.15, 0.2) is 0 Å². The molecule has 0 bridgehead atoms. The van der Waals surface area contributed by atoms with Crippen molar-refractivity contribution in [2.24, 2.45) is 5.84 Å². The first kappa shape index (κ1) is 10.5. The van der Waals surface area contributed by atoms with Gasteiger partial charge in [0.2, 0.25) is 0 Å². The minimum absolute atomic E-state index is 0.147. The molecule has 3 heteroatoms. The summed E-state index contributed by atoms with van der Waals surface area (Å²) in [5, 5.41) is 0. The van der Waals surface area contributed by atoms with E-state index in [0.717, 1.165) is 12.2 Å². The lowest BCUT2D eigenvalue weighted by atomic mass is 10.2. The molecule has 11 heavy (non-hydrogen) atoms. The molecular weight excluding hydrogens is 140 g/mol. The Hall–Kier alpha value is -0.540. The van der Waals surface area contributed by atoms with Gasteiger partial charge in [-0.3, -0.25) is 11.3 Å². The summed E-state index contributed by atoms with van der Waals surface area (Å²) >= 11 is 0. The summed E-state index contributed by atoms with van der Waals surface area (Å²) in [6.45, 7) is 10.4. The van der Waals surface area contributed by atoms with Crippen molar-refractivity contribution in [1.29, 1.82) is 0 Å². The molecule has 0 rings (SSSR count). The second kappa shape index (κ2) is 4.36. The monoisotopic (exact) mass is 158 g/mol. The minimum Gasteiger partial charge on any atom is -0.493 e. The molecule has 0 atom stereocenters. The van der Waals surface area contributed by atoms with Gasteiger partial charge in [-0.1, -0.05) is 6.58 Å². The average Bonchev–Trinajstić information content (AvgIpc) is 1.79. The number of hydrogen-bond donors (Lipinski definition) is 2. The molecule has 3 nitrogen and oxygen atoms in total. The number of nitrogens with one attached hydrogen (secondary N) is 1. The molecule has 66 valence electrons. The number of nitrogens with two attached hydrogens (primary N) is 1. The molecule has 0 saturated carbocycles. The smallest absolute Gasteiger partial charge is 0.100 e. The molecule has 0 fully saturated rings. The van der Waals surface area contributed by atoms with E-state index in [1.54, 1.807) is 0 Å². The number of ether oxygens (including phenoxy) is 1. The Kier molecular flexibility index (Phi) is 4.15.